The molecule has 0 spiro atoms. The van der Waals surface area contributed by atoms with Gasteiger partial charge >= 0.3 is 0 Å². The standard InChI is InChI=1S/C12H19N3O2/c1-12(2,3)15-7-9(6-13-15)11(17)14-5-4-10(16)8-14/h6-7,10,16H,4-5,8H2,1-3H3/t10-/m1/s1. The molecule has 1 atom stereocenters. The third-order valence-electron chi connectivity index (χ3n) is 2.97. The summed E-state index contributed by atoms with van der Waals surface area (Å²) in [7, 11) is 0. The number of hydrogen-bond acceptors (Lipinski definition) is 3. The Morgan fingerprint density at radius 2 is 2.24 bits per heavy atom. The van der Waals surface area contributed by atoms with Crippen LogP contribution in [0.2, 0.25) is 0 Å². The van der Waals surface area contributed by atoms with Crippen LogP contribution in [-0.4, -0.2) is 44.9 Å². The lowest BCUT2D eigenvalue weighted by atomic mass is 10.1. The molecule has 1 aliphatic rings. The minimum absolute atomic E-state index is 0.0444. The Morgan fingerprint density at radius 3 is 2.71 bits per heavy atom. The Hall–Kier alpha value is -1.36. The monoisotopic (exact) mass is 237 g/mol. The van der Waals surface area contributed by atoms with Gasteiger partial charge in [0, 0.05) is 19.3 Å². The summed E-state index contributed by atoms with van der Waals surface area (Å²) in [4.78, 5) is 13.8. The molecule has 94 valence electrons. The second-order valence-corrected chi connectivity index (χ2v) is 5.54. The highest BCUT2D eigenvalue weighted by Gasteiger charge is 2.26. The Morgan fingerprint density at radius 1 is 1.53 bits per heavy atom. The molecule has 0 bridgehead atoms. The molecule has 0 aliphatic carbocycles. The zero-order valence-corrected chi connectivity index (χ0v) is 10.6. The molecule has 0 radical (unpaired) electrons. The molecule has 2 rings (SSSR count). The highest BCUT2D eigenvalue weighted by Crippen LogP contribution is 2.16. The van der Waals surface area contributed by atoms with Gasteiger partial charge in [-0.25, -0.2) is 0 Å². The van der Waals surface area contributed by atoms with Crippen LogP contribution in [0, 0.1) is 0 Å². The largest absolute Gasteiger partial charge is 0.391 e. The summed E-state index contributed by atoms with van der Waals surface area (Å²) in [5, 5.41) is 13.6. The minimum Gasteiger partial charge on any atom is -0.391 e. The van der Waals surface area contributed by atoms with Crippen molar-refractivity contribution in [1.29, 1.82) is 0 Å². The van der Waals surface area contributed by atoms with E-state index in [0.29, 0.717) is 25.1 Å². The molecule has 0 saturated carbocycles. The molecule has 5 heteroatoms. The van der Waals surface area contributed by atoms with Crippen LogP contribution in [-0.2, 0) is 5.54 Å². The van der Waals surface area contributed by atoms with Crippen molar-refractivity contribution in [1.82, 2.24) is 14.7 Å². The van der Waals surface area contributed by atoms with Gasteiger partial charge in [0.1, 0.15) is 0 Å². The highest BCUT2D eigenvalue weighted by molar-refractivity contribution is 5.93. The van der Waals surface area contributed by atoms with Crippen LogP contribution in [0.1, 0.15) is 37.6 Å². The van der Waals surface area contributed by atoms with Gasteiger partial charge in [0.05, 0.1) is 23.4 Å². The summed E-state index contributed by atoms with van der Waals surface area (Å²) in [5.74, 6) is -0.0444. The van der Waals surface area contributed by atoms with Crippen molar-refractivity contribution >= 4 is 5.91 Å². The second-order valence-electron chi connectivity index (χ2n) is 5.54. The van der Waals surface area contributed by atoms with E-state index < -0.39 is 0 Å². The molecule has 1 amide bonds. The zero-order chi connectivity index (χ0) is 12.6. The number of β-amino-alcohol motifs (C(OH)–C–C–N with tert-alkyl or cyclic N) is 1. The predicted molar refractivity (Wildman–Crippen MR) is 63.8 cm³/mol. The van der Waals surface area contributed by atoms with Gasteiger partial charge in [0.15, 0.2) is 0 Å². The number of rotatable bonds is 1. The van der Waals surface area contributed by atoms with Gasteiger partial charge in [-0.3, -0.25) is 9.48 Å². The van der Waals surface area contributed by atoms with Crippen molar-refractivity contribution in [2.24, 2.45) is 0 Å². The van der Waals surface area contributed by atoms with Gasteiger partial charge in [-0.15, -0.1) is 0 Å². The zero-order valence-electron chi connectivity index (χ0n) is 10.6. The van der Waals surface area contributed by atoms with E-state index in [-0.39, 0.29) is 17.6 Å². The number of aliphatic hydroxyl groups excluding tert-OH is 1. The molecule has 1 aliphatic heterocycles. The first-order valence-corrected chi connectivity index (χ1v) is 5.90. The fourth-order valence-corrected chi connectivity index (χ4v) is 1.91. The van der Waals surface area contributed by atoms with Crippen LogP contribution in [0.3, 0.4) is 0 Å². The number of carbonyl (C=O) groups is 1. The second kappa shape index (κ2) is 4.14. The average Bonchev–Trinajstić information content (AvgIpc) is 2.83. The topological polar surface area (TPSA) is 58.4 Å². The predicted octanol–water partition coefficient (Wildman–Crippen LogP) is 0.845. The van der Waals surface area contributed by atoms with Crippen LogP contribution in [0.4, 0.5) is 0 Å². The number of amides is 1. The summed E-state index contributed by atoms with van der Waals surface area (Å²) in [6.45, 7) is 7.16. The van der Waals surface area contributed by atoms with Gasteiger partial charge in [-0.2, -0.15) is 5.10 Å². The van der Waals surface area contributed by atoms with E-state index in [1.165, 1.54) is 0 Å². The number of likely N-dealkylation sites (tertiary alicyclic amines) is 1. The molecule has 1 saturated heterocycles. The minimum atomic E-state index is -0.378. The van der Waals surface area contributed by atoms with Crippen molar-refractivity contribution in [3.05, 3.63) is 18.0 Å². The van der Waals surface area contributed by atoms with Crippen molar-refractivity contribution in [2.75, 3.05) is 13.1 Å². The molecule has 1 N–H and O–H groups in total. The molecule has 0 unspecified atom stereocenters. The first-order valence-electron chi connectivity index (χ1n) is 5.90. The van der Waals surface area contributed by atoms with Crippen molar-refractivity contribution < 1.29 is 9.90 Å². The molecule has 1 aromatic rings. The quantitative estimate of drug-likeness (QED) is 0.787. The van der Waals surface area contributed by atoms with Gasteiger partial charge in [-0.1, -0.05) is 0 Å². The number of hydrogen-bond donors (Lipinski definition) is 1. The van der Waals surface area contributed by atoms with Crippen LogP contribution >= 0.6 is 0 Å². The van der Waals surface area contributed by atoms with Gasteiger partial charge in [-0.05, 0) is 27.2 Å². The van der Waals surface area contributed by atoms with Crippen LogP contribution in [0.5, 0.6) is 0 Å². The number of nitrogens with zero attached hydrogens (tertiary/aromatic N) is 3. The number of aromatic nitrogens is 2. The van der Waals surface area contributed by atoms with Crippen molar-refractivity contribution in [2.45, 2.75) is 38.8 Å². The Bertz CT molecular complexity index is 420. The highest BCUT2D eigenvalue weighted by atomic mass is 16.3. The summed E-state index contributed by atoms with van der Waals surface area (Å²) >= 11 is 0. The molecular weight excluding hydrogens is 218 g/mol. The fraction of sp³-hybridized carbons (Fsp3) is 0.667. The maximum Gasteiger partial charge on any atom is 0.257 e. The third kappa shape index (κ3) is 2.49. The Kier molecular flexibility index (Phi) is 2.95. The lowest BCUT2D eigenvalue weighted by Gasteiger charge is -2.19. The maximum absolute atomic E-state index is 12.1. The fourth-order valence-electron chi connectivity index (χ4n) is 1.91. The third-order valence-corrected chi connectivity index (χ3v) is 2.97. The summed E-state index contributed by atoms with van der Waals surface area (Å²) in [6, 6.07) is 0. The van der Waals surface area contributed by atoms with E-state index in [9.17, 15) is 9.90 Å². The van der Waals surface area contributed by atoms with Gasteiger partial charge < -0.3 is 10.0 Å². The van der Waals surface area contributed by atoms with Gasteiger partial charge in [0.25, 0.3) is 5.91 Å². The van der Waals surface area contributed by atoms with Crippen LogP contribution in [0.25, 0.3) is 0 Å². The SMILES string of the molecule is CC(C)(C)n1cc(C(=O)N2CC[C@@H](O)C2)cn1. The first-order chi connectivity index (χ1) is 7.88. The maximum atomic E-state index is 12.1. The molecule has 0 aromatic carbocycles. The molecule has 1 fully saturated rings. The van der Waals surface area contributed by atoms with Crippen LogP contribution in [0.15, 0.2) is 12.4 Å². The molecule has 1 aromatic heterocycles. The average molecular weight is 237 g/mol. The number of carbonyl (C=O) groups excluding carboxylic acids is 1. The summed E-state index contributed by atoms with van der Waals surface area (Å²) < 4.78 is 1.78. The first kappa shape index (κ1) is 12.1. The molecule has 5 nitrogen and oxygen atoms in total. The normalized spacial score (nSPS) is 20.9. The van der Waals surface area contributed by atoms with E-state index in [0.717, 1.165) is 0 Å². The van der Waals surface area contributed by atoms with Crippen molar-refractivity contribution in [3.63, 3.8) is 0 Å². The molecule has 17 heavy (non-hydrogen) atoms. The van der Waals surface area contributed by atoms with E-state index in [1.807, 2.05) is 20.8 Å². The lowest BCUT2D eigenvalue weighted by Crippen LogP contribution is -2.29. The van der Waals surface area contributed by atoms with E-state index >= 15 is 0 Å². The van der Waals surface area contributed by atoms with E-state index in [1.54, 1.807) is 22.0 Å². The van der Waals surface area contributed by atoms with Crippen LogP contribution < -0.4 is 0 Å². The van der Waals surface area contributed by atoms with Gasteiger partial charge in [0.2, 0.25) is 0 Å². The summed E-state index contributed by atoms with van der Waals surface area (Å²) in [5.41, 5.74) is 0.470. The van der Waals surface area contributed by atoms with E-state index in [2.05, 4.69) is 5.10 Å². The Balaban J connectivity index is 2.13. The smallest absolute Gasteiger partial charge is 0.257 e. The molecular formula is C12H19N3O2. The Labute approximate surface area is 101 Å². The van der Waals surface area contributed by atoms with E-state index in [4.69, 9.17) is 0 Å². The number of aliphatic hydroxyl groups is 1. The lowest BCUT2D eigenvalue weighted by molar-refractivity contribution is 0.0765. The summed E-state index contributed by atoms with van der Waals surface area (Å²) in [6.07, 6.45) is 3.65. The molecule has 2 heterocycles. The van der Waals surface area contributed by atoms with Crippen molar-refractivity contribution in [3.8, 4) is 0 Å².